The van der Waals surface area contributed by atoms with E-state index in [9.17, 15) is 0 Å². The van der Waals surface area contributed by atoms with Crippen LogP contribution in [-0.4, -0.2) is 0 Å². The van der Waals surface area contributed by atoms with Gasteiger partial charge in [-0.2, -0.15) is 0 Å². The molecule has 0 aliphatic carbocycles. The van der Waals surface area contributed by atoms with Gasteiger partial charge in [0.15, 0.2) is 0 Å². The maximum atomic E-state index is 3.76. The van der Waals surface area contributed by atoms with Crippen molar-refractivity contribution in [1.29, 1.82) is 0 Å². The summed E-state index contributed by atoms with van der Waals surface area (Å²) in [6.45, 7) is 0. The van der Waals surface area contributed by atoms with Crippen molar-refractivity contribution in [3.63, 3.8) is 0 Å². The molecule has 0 spiro atoms. The molecule has 0 fully saturated rings. The minimum atomic E-state index is -0.521. The van der Waals surface area contributed by atoms with E-state index in [2.05, 4.69) is 65.8 Å². The van der Waals surface area contributed by atoms with Gasteiger partial charge in [0.2, 0.25) is 0 Å². The van der Waals surface area contributed by atoms with Gasteiger partial charge in [-0.05, 0) is 0 Å². The van der Waals surface area contributed by atoms with E-state index >= 15 is 0 Å². The minimum absolute atomic E-state index is 0.521. The summed E-state index contributed by atoms with van der Waals surface area (Å²) in [5.74, 6) is 0. The van der Waals surface area contributed by atoms with Gasteiger partial charge in [0.25, 0.3) is 0 Å². The Labute approximate surface area is 75.4 Å². The normalized spacial score (nSPS) is 3.50. The molecule has 0 aliphatic heterocycles. The summed E-state index contributed by atoms with van der Waals surface area (Å²) in [5.41, 5.74) is 0. The van der Waals surface area contributed by atoms with Crippen LogP contribution in [0.3, 0.4) is 0 Å². The van der Waals surface area contributed by atoms with Crippen LogP contribution < -0.4 is 0 Å². The summed E-state index contributed by atoms with van der Waals surface area (Å²) < 4.78 is 0. The molecule has 0 heterocycles. The standard InChI is InChI=1S/Co.Mn.Ni.5P. The fraction of sp³-hybridized carbons (Fsp3) is 0. The quantitative estimate of drug-likeness (QED) is 0.460. The molecule has 8 heavy (non-hydrogen) atoms. The zero-order chi connectivity index (χ0) is 7.58. The van der Waals surface area contributed by atoms with Crippen molar-refractivity contribution in [3.8, 4) is 0 Å². The molecule has 51 valence electrons. The van der Waals surface area contributed by atoms with Crippen molar-refractivity contribution in [2.45, 2.75) is 0 Å². The van der Waals surface area contributed by atoms with Gasteiger partial charge >= 0.3 is 76.1 Å². The average Bonchev–Trinajstić information content (AvgIpc) is 1.75. The number of rotatable bonds is 0. The Kier molecular flexibility index (Phi) is 49.5. The SMILES string of the molecule is [P]#[Co](#[P])#[P].[P]#[Mn].[P]#[Ni]. The van der Waals surface area contributed by atoms with Crippen LogP contribution >= 0.6 is 36.6 Å². The van der Waals surface area contributed by atoms with Crippen LogP contribution in [0.2, 0.25) is 0 Å². The van der Waals surface area contributed by atoms with E-state index in [0.29, 0.717) is 0 Å². The first-order chi connectivity index (χ1) is 3.73. The zero-order valence-electron chi connectivity index (χ0n) is 3.26. The van der Waals surface area contributed by atoms with Crippen molar-refractivity contribution in [2.24, 2.45) is 0 Å². The van der Waals surface area contributed by atoms with E-state index < -0.39 is 10.3 Å². The zero-order valence-corrected chi connectivity index (χ0v) is 10.9. The van der Waals surface area contributed by atoms with Crippen molar-refractivity contribution >= 4 is 36.6 Å². The number of hydrogen-bond donors (Lipinski definition) is 0. The van der Waals surface area contributed by atoms with Crippen molar-refractivity contribution in [2.75, 3.05) is 0 Å². The van der Waals surface area contributed by atoms with Gasteiger partial charge in [-0.25, -0.2) is 0 Å². The molecular weight excluding hydrogens is 327 g/mol. The summed E-state index contributed by atoms with van der Waals surface area (Å²) in [6.07, 6.45) is 0. The van der Waals surface area contributed by atoms with Gasteiger partial charge in [-0.1, -0.05) is 0 Å². The molecule has 0 N–H and O–H groups in total. The van der Waals surface area contributed by atoms with E-state index in [-0.39, 0.29) is 0 Å². The molecule has 0 aromatic heterocycles. The van der Waals surface area contributed by atoms with E-state index in [1.165, 1.54) is 0 Å². The Bertz CT molecular complexity index is 293. The summed E-state index contributed by atoms with van der Waals surface area (Å²) in [6, 6.07) is 0. The molecule has 0 rings (SSSR count). The van der Waals surface area contributed by atoms with Gasteiger partial charge in [-0.3, -0.25) is 0 Å². The molecule has 0 aliphatic rings. The number of hydrogen-bond acceptors (Lipinski definition) is 0. The molecule has 8 heteroatoms. The molecule has 0 saturated heterocycles. The fourth-order valence-corrected chi connectivity index (χ4v) is 0. The second kappa shape index (κ2) is 22.4. The second-order valence-corrected chi connectivity index (χ2v) is 7.42. The molecule has 0 nitrogen and oxygen atoms in total. The molecule has 0 atom stereocenters. The summed E-state index contributed by atoms with van der Waals surface area (Å²) in [5, 5.41) is 0. The third-order valence-corrected chi connectivity index (χ3v) is 0. The van der Waals surface area contributed by atoms with Crippen LogP contribution in [0.1, 0.15) is 0 Å². The van der Waals surface area contributed by atoms with Crippen molar-refractivity contribution in [3.05, 3.63) is 0 Å². The average molecular weight is 327 g/mol. The third kappa shape index (κ3) is 54.0. The first-order valence-electron chi connectivity index (χ1n) is 0.758. The second-order valence-electron chi connectivity index (χ2n) is 0.200. The Morgan fingerprint density at radius 1 is 1.00 bits per heavy atom. The Morgan fingerprint density at radius 2 is 1.00 bits per heavy atom. The molecule has 0 unspecified atom stereocenters. The molecule has 0 saturated carbocycles. The van der Waals surface area contributed by atoms with Gasteiger partial charge in [0.05, 0.1) is 0 Å². The molecule has 0 aromatic rings. The van der Waals surface area contributed by atoms with Crippen molar-refractivity contribution < 1.29 is 39.5 Å². The monoisotopic (exact) mass is 327 g/mol. The van der Waals surface area contributed by atoms with Gasteiger partial charge < -0.3 is 0 Å². The van der Waals surface area contributed by atoms with Crippen LogP contribution in [0, 0.1) is 0 Å². The van der Waals surface area contributed by atoms with E-state index in [1.54, 1.807) is 0 Å². The molecule has 0 aromatic carbocycles. The van der Waals surface area contributed by atoms with Gasteiger partial charge in [0.1, 0.15) is 0 Å². The maximum absolute atomic E-state index is 3.76. The molecule has 0 radical (unpaired) electrons. The predicted molar refractivity (Wildman–Crippen MR) is 34.6 cm³/mol. The Balaban J connectivity index is -0.0000000542. The Hall–Kier alpha value is 3.67. The van der Waals surface area contributed by atoms with Gasteiger partial charge in [0, 0.05) is 0 Å². The van der Waals surface area contributed by atoms with E-state index in [0.717, 1.165) is 0 Å². The van der Waals surface area contributed by atoms with Crippen LogP contribution in [0.15, 0.2) is 0 Å². The van der Waals surface area contributed by atoms with Crippen molar-refractivity contribution in [1.82, 2.24) is 0 Å². The predicted octanol–water partition coefficient (Wildman–Crippen LogP) is 4.30. The van der Waals surface area contributed by atoms with Crippen LogP contribution in [0.25, 0.3) is 0 Å². The third-order valence-electron chi connectivity index (χ3n) is 0. The topological polar surface area (TPSA) is 0 Å². The Morgan fingerprint density at radius 3 is 1.00 bits per heavy atom. The van der Waals surface area contributed by atoms with Crippen LogP contribution in [-0.2, 0) is 39.5 Å². The first-order valence-corrected chi connectivity index (χ1v) is 9.37. The first kappa shape index (κ1) is 17.7. The van der Waals surface area contributed by atoms with E-state index in [4.69, 9.17) is 0 Å². The molecule has 0 amide bonds. The van der Waals surface area contributed by atoms with Crippen LogP contribution in [0.5, 0.6) is 0 Å². The summed E-state index contributed by atoms with van der Waals surface area (Å²) >= 11 is 6.20. The molecule has 0 bridgehead atoms. The van der Waals surface area contributed by atoms with Gasteiger partial charge in [-0.15, -0.1) is 0 Å². The summed E-state index contributed by atoms with van der Waals surface area (Å²) in [4.78, 5) is 0. The summed E-state index contributed by atoms with van der Waals surface area (Å²) in [7, 11) is 17.2. The fourth-order valence-electron chi connectivity index (χ4n) is 0. The van der Waals surface area contributed by atoms with Crippen LogP contribution in [0.4, 0.5) is 0 Å². The van der Waals surface area contributed by atoms with E-state index in [1.807, 2.05) is 0 Å². The molecular formula is CoMnNiP5.